The van der Waals surface area contributed by atoms with Crippen LogP contribution in [0.2, 0.25) is 0 Å². The summed E-state index contributed by atoms with van der Waals surface area (Å²) in [5, 5.41) is 0. The molecule has 0 bridgehead atoms. The molecular weight excluding hydrogens is 240 g/mol. The molecule has 0 aliphatic rings. The maximum Gasteiger partial charge on any atom is 0.172 e. The number of hydrogen-bond acceptors (Lipinski definition) is 3. The van der Waals surface area contributed by atoms with Gasteiger partial charge in [-0.3, -0.25) is 4.79 Å². The van der Waals surface area contributed by atoms with E-state index in [0.29, 0.717) is 23.5 Å². The van der Waals surface area contributed by atoms with Gasteiger partial charge in [-0.1, -0.05) is 19.9 Å². The third-order valence-corrected chi connectivity index (χ3v) is 3.14. The van der Waals surface area contributed by atoms with E-state index >= 15 is 0 Å². The van der Waals surface area contributed by atoms with Crippen molar-refractivity contribution in [2.45, 2.75) is 27.2 Å². The number of hydrogen-bond donors (Lipinski definition) is 0. The molecule has 1 rings (SSSR count). The second-order valence-electron chi connectivity index (χ2n) is 5.25. The number of ketones is 1. The number of carbonyl (C=O) groups is 1. The summed E-state index contributed by atoms with van der Waals surface area (Å²) in [5.74, 6) is 1.11. The van der Waals surface area contributed by atoms with Gasteiger partial charge in [0.1, 0.15) is 0 Å². The van der Waals surface area contributed by atoms with Crippen LogP contribution in [0.5, 0.6) is 11.5 Å². The lowest BCUT2D eigenvalue weighted by Crippen LogP contribution is -2.24. The van der Waals surface area contributed by atoms with E-state index in [1.165, 1.54) is 0 Å². The van der Waals surface area contributed by atoms with Gasteiger partial charge >= 0.3 is 0 Å². The molecular formula is C16H22O3. The molecule has 0 aliphatic heterocycles. The molecule has 1 aromatic rings. The van der Waals surface area contributed by atoms with E-state index in [1.54, 1.807) is 20.3 Å². The van der Waals surface area contributed by atoms with Crippen molar-refractivity contribution < 1.29 is 14.3 Å². The molecule has 0 aromatic heterocycles. The average molecular weight is 262 g/mol. The number of benzene rings is 1. The van der Waals surface area contributed by atoms with Crippen LogP contribution in [0.25, 0.3) is 0 Å². The van der Waals surface area contributed by atoms with Crippen molar-refractivity contribution in [3.8, 4) is 11.5 Å². The summed E-state index contributed by atoms with van der Waals surface area (Å²) in [7, 11) is 3.12. The van der Waals surface area contributed by atoms with Crippen molar-refractivity contribution in [2.24, 2.45) is 5.41 Å². The monoisotopic (exact) mass is 262 g/mol. The predicted octanol–water partition coefficient (Wildman–Crippen LogP) is 3.80. The maximum atomic E-state index is 12.7. The molecule has 0 saturated heterocycles. The molecule has 0 saturated carbocycles. The topological polar surface area (TPSA) is 35.5 Å². The van der Waals surface area contributed by atoms with Gasteiger partial charge in [0.05, 0.1) is 19.8 Å². The highest BCUT2D eigenvalue weighted by molar-refractivity contribution is 6.03. The molecule has 104 valence electrons. The molecule has 0 N–H and O–H groups in total. The van der Waals surface area contributed by atoms with Crippen LogP contribution in [0, 0.1) is 12.3 Å². The maximum absolute atomic E-state index is 12.7. The Hall–Kier alpha value is -1.77. The van der Waals surface area contributed by atoms with Gasteiger partial charge in [-0.15, -0.1) is 6.58 Å². The summed E-state index contributed by atoms with van der Waals surface area (Å²) >= 11 is 0. The molecule has 0 atom stereocenters. The SMILES string of the molecule is C=CCC(C)(C)C(=O)c1cc(C)cc(OC)c1OC. The van der Waals surface area contributed by atoms with Crippen molar-refractivity contribution in [1.82, 2.24) is 0 Å². The van der Waals surface area contributed by atoms with Gasteiger partial charge in [0.2, 0.25) is 0 Å². The molecule has 0 aliphatic carbocycles. The van der Waals surface area contributed by atoms with Crippen LogP contribution < -0.4 is 9.47 Å². The standard InChI is InChI=1S/C16H22O3/c1-7-8-16(3,4)15(17)12-9-11(2)10-13(18-5)14(12)19-6/h7,9-10H,1,8H2,2-6H3. The Morgan fingerprint density at radius 3 is 2.42 bits per heavy atom. The minimum absolute atomic E-state index is 0.0336. The fourth-order valence-corrected chi connectivity index (χ4v) is 2.09. The minimum Gasteiger partial charge on any atom is -0.493 e. The van der Waals surface area contributed by atoms with Crippen molar-refractivity contribution in [1.29, 1.82) is 0 Å². The molecule has 3 heteroatoms. The zero-order valence-corrected chi connectivity index (χ0v) is 12.4. The fraction of sp³-hybridized carbons (Fsp3) is 0.438. The Kier molecular flexibility index (Phi) is 4.76. The van der Waals surface area contributed by atoms with Gasteiger partial charge < -0.3 is 9.47 Å². The lowest BCUT2D eigenvalue weighted by molar-refractivity contribution is 0.0837. The first-order chi connectivity index (χ1) is 8.87. The lowest BCUT2D eigenvalue weighted by Gasteiger charge is -2.23. The molecule has 0 spiro atoms. The number of methoxy groups -OCH3 is 2. The largest absolute Gasteiger partial charge is 0.493 e. The van der Waals surface area contributed by atoms with E-state index in [0.717, 1.165) is 5.56 Å². The van der Waals surface area contributed by atoms with Crippen LogP contribution in [0.1, 0.15) is 36.2 Å². The summed E-state index contributed by atoms with van der Waals surface area (Å²) in [6.45, 7) is 9.45. The van der Waals surface area contributed by atoms with E-state index in [-0.39, 0.29) is 5.78 Å². The highest BCUT2D eigenvalue weighted by Crippen LogP contribution is 2.37. The quantitative estimate of drug-likeness (QED) is 0.578. The summed E-state index contributed by atoms with van der Waals surface area (Å²) < 4.78 is 10.6. The fourth-order valence-electron chi connectivity index (χ4n) is 2.09. The molecule has 0 heterocycles. The molecule has 1 aromatic carbocycles. The van der Waals surface area contributed by atoms with Crippen LogP contribution >= 0.6 is 0 Å². The molecule has 0 radical (unpaired) electrons. The second-order valence-corrected chi connectivity index (χ2v) is 5.25. The molecule has 0 amide bonds. The summed E-state index contributed by atoms with van der Waals surface area (Å²) in [4.78, 5) is 12.7. The van der Waals surface area contributed by atoms with Crippen molar-refractivity contribution in [3.05, 3.63) is 35.9 Å². The van der Waals surface area contributed by atoms with Crippen molar-refractivity contribution >= 4 is 5.78 Å². The smallest absolute Gasteiger partial charge is 0.172 e. The van der Waals surface area contributed by atoms with Crippen molar-refractivity contribution in [3.63, 3.8) is 0 Å². The molecule has 0 fully saturated rings. The lowest BCUT2D eigenvalue weighted by atomic mass is 9.80. The average Bonchev–Trinajstić information content (AvgIpc) is 2.36. The molecule has 3 nitrogen and oxygen atoms in total. The summed E-state index contributed by atoms with van der Waals surface area (Å²) in [6, 6.07) is 3.70. The highest BCUT2D eigenvalue weighted by atomic mass is 16.5. The number of aryl methyl sites for hydroxylation is 1. The van der Waals surface area contributed by atoms with Gasteiger partial charge in [0.15, 0.2) is 17.3 Å². The third-order valence-electron chi connectivity index (χ3n) is 3.14. The molecule has 0 unspecified atom stereocenters. The number of rotatable bonds is 6. The Morgan fingerprint density at radius 2 is 1.95 bits per heavy atom. The first-order valence-corrected chi connectivity index (χ1v) is 6.25. The first kappa shape index (κ1) is 15.3. The van der Waals surface area contributed by atoms with Crippen LogP contribution in [0.3, 0.4) is 0 Å². The van der Waals surface area contributed by atoms with Gasteiger partial charge in [-0.05, 0) is 31.0 Å². The van der Waals surface area contributed by atoms with E-state index in [1.807, 2.05) is 32.9 Å². The molecule has 19 heavy (non-hydrogen) atoms. The predicted molar refractivity (Wildman–Crippen MR) is 77.2 cm³/mol. The van der Waals surface area contributed by atoms with E-state index < -0.39 is 5.41 Å². The number of allylic oxidation sites excluding steroid dienone is 1. The number of ether oxygens (including phenoxy) is 2. The van der Waals surface area contributed by atoms with Crippen LogP contribution in [0.15, 0.2) is 24.8 Å². The Balaban J connectivity index is 3.37. The van der Waals surface area contributed by atoms with Crippen LogP contribution in [-0.2, 0) is 0 Å². The Labute approximate surface area is 115 Å². The second kappa shape index (κ2) is 5.91. The zero-order chi connectivity index (χ0) is 14.6. The van der Waals surface area contributed by atoms with E-state index in [2.05, 4.69) is 6.58 Å². The zero-order valence-electron chi connectivity index (χ0n) is 12.4. The van der Waals surface area contributed by atoms with Gasteiger partial charge in [0, 0.05) is 5.41 Å². The summed E-state index contributed by atoms with van der Waals surface area (Å²) in [6.07, 6.45) is 2.38. The third kappa shape index (κ3) is 3.16. The van der Waals surface area contributed by atoms with E-state index in [9.17, 15) is 4.79 Å². The Bertz CT molecular complexity index is 487. The van der Waals surface area contributed by atoms with Crippen LogP contribution in [0.4, 0.5) is 0 Å². The normalized spacial score (nSPS) is 11.0. The van der Waals surface area contributed by atoms with Crippen LogP contribution in [-0.4, -0.2) is 20.0 Å². The number of carbonyl (C=O) groups excluding carboxylic acids is 1. The highest BCUT2D eigenvalue weighted by Gasteiger charge is 2.30. The summed E-state index contributed by atoms with van der Waals surface area (Å²) in [5.41, 5.74) is 1.02. The van der Waals surface area contributed by atoms with Gasteiger partial charge in [-0.2, -0.15) is 0 Å². The Morgan fingerprint density at radius 1 is 1.32 bits per heavy atom. The minimum atomic E-state index is -0.506. The number of Topliss-reactive ketones (excluding diaryl/α,β-unsaturated/α-hetero) is 1. The van der Waals surface area contributed by atoms with Crippen molar-refractivity contribution in [2.75, 3.05) is 14.2 Å². The first-order valence-electron chi connectivity index (χ1n) is 6.25. The van der Waals surface area contributed by atoms with Gasteiger partial charge in [0.25, 0.3) is 0 Å². The van der Waals surface area contributed by atoms with Gasteiger partial charge in [-0.25, -0.2) is 0 Å². The van der Waals surface area contributed by atoms with E-state index in [4.69, 9.17) is 9.47 Å².